The van der Waals surface area contributed by atoms with Gasteiger partial charge in [0.1, 0.15) is 0 Å². The fraction of sp³-hybridized carbons (Fsp3) is 0.250. The van der Waals surface area contributed by atoms with Gasteiger partial charge in [0.25, 0.3) is 0 Å². The normalized spacial score (nSPS) is 11.9. The molecule has 0 saturated carbocycles. The van der Waals surface area contributed by atoms with Crippen LogP contribution >= 0.6 is 35.0 Å². The van der Waals surface area contributed by atoms with Crippen molar-refractivity contribution < 1.29 is 13.2 Å². The van der Waals surface area contributed by atoms with Crippen molar-refractivity contribution in [3.8, 4) is 0 Å². The highest BCUT2D eigenvalue weighted by Gasteiger charge is 2.35. The highest BCUT2D eigenvalue weighted by atomic mass is 35.5. The third kappa shape index (κ3) is 2.49. The van der Waals surface area contributed by atoms with Crippen molar-refractivity contribution in [2.24, 2.45) is 0 Å². The van der Waals surface area contributed by atoms with Crippen molar-refractivity contribution in [1.82, 2.24) is 0 Å². The molecule has 0 atom stereocenters. The molecule has 0 aliphatic heterocycles. The summed E-state index contributed by atoms with van der Waals surface area (Å²) in [6.45, 7) is 0. The van der Waals surface area contributed by atoms with Gasteiger partial charge in [0.05, 0.1) is 15.6 Å². The molecule has 0 N–H and O–H groups in total. The third-order valence-corrected chi connectivity index (χ3v) is 2.84. The van der Waals surface area contributed by atoms with Crippen molar-refractivity contribution in [3.63, 3.8) is 0 Å². The fourth-order valence-corrected chi connectivity index (χ4v) is 2.24. The Morgan fingerprint density at radius 3 is 1.86 bits per heavy atom. The van der Waals surface area contributed by atoms with Crippen molar-refractivity contribution >= 4 is 35.0 Å². The minimum atomic E-state index is -4.51. The number of hydrogen-bond acceptors (Lipinski definition) is 1. The molecule has 14 heavy (non-hydrogen) atoms. The number of benzene rings is 1. The summed E-state index contributed by atoms with van der Waals surface area (Å²) >= 11 is 12.2. The van der Waals surface area contributed by atoms with E-state index in [1.54, 1.807) is 6.26 Å². The Balaban J connectivity index is 3.33. The summed E-state index contributed by atoms with van der Waals surface area (Å²) < 4.78 is 37.1. The molecule has 0 amide bonds. The highest BCUT2D eigenvalue weighted by molar-refractivity contribution is 7.98. The predicted molar refractivity (Wildman–Crippen MR) is 53.2 cm³/mol. The summed E-state index contributed by atoms with van der Waals surface area (Å²) in [7, 11) is 0. The number of hydrogen-bond donors (Lipinski definition) is 0. The molecule has 0 radical (unpaired) electrons. The lowest BCUT2D eigenvalue weighted by Gasteiger charge is -2.11. The first-order chi connectivity index (χ1) is 6.36. The van der Waals surface area contributed by atoms with Crippen LogP contribution in [0.2, 0.25) is 10.0 Å². The largest absolute Gasteiger partial charge is 0.419 e. The van der Waals surface area contributed by atoms with Gasteiger partial charge >= 0.3 is 6.18 Å². The average molecular weight is 261 g/mol. The van der Waals surface area contributed by atoms with Gasteiger partial charge in [0.15, 0.2) is 0 Å². The first-order valence-corrected chi connectivity index (χ1v) is 5.44. The van der Waals surface area contributed by atoms with E-state index in [0.717, 1.165) is 0 Å². The van der Waals surface area contributed by atoms with Crippen LogP contribution in [0.3, 0.4) is 0 Å². The molecule has 0 unspecified atom stereocenters. The Hall–Kier alpha value is -0.0600. The Morgan fingerprint density at radius 2 is 1.57 bits per heavy atom. The third-order valence-electron chi connectivity index (χ3n) is 1.53. The molecule has 0 spiro atoms. The van der Waals surface area contributed by atoms with Crippen molar-refractivity contribution in [2.75, 3.05) is 6.26 Å². The monoisotopic (exact) mass is 260 g/mol. The maximum absolute atomic E-state index is 12.4. The van der Waals surface area contributed by atoms with Crippen LogP contribution in [0.15, 0.2) is 17.0 Å². The van der Waals surface area contributed by atoms with Crippen LogP contribution in [-0.2, 0) is 6.18 Å². The van der Waals surface area contributed by atoms with Gasteiger partial charge in [-0.25, -0.2) is 0 Å². The van der Waals surface area contributed by atoms with Gasteiger partial charge in [-0.05, 0) is 18.4 Å². The Kier molecular flexibility index (Phi) is 3.61. The minimum absolute atomic E-state index is 0.366. The van der Waals surface area contributed by atoms with Gasteiger partial charge in [0.2, 0.25) is 0 Å². The van der Waals surface area contributed by atoms with Crippen LogP contribution in [-0.4, -0.2) is 6.26 Å². The lowest BCUT2D eigenvalue weighted by Crippen LogP contribution is -2.06. The smallest absolute Gasteiger partial charge is 0.166 e. The lowest BCUT2D eigenvalue weighted by atomic mass is 10.2. The van der Waals surface area contributed by atoms with E-state index in [1.807, 2.05) is 0 Å². The maximum Gasteiger partial charge on any atom is 0.419 e. The van der Waals surface area contributed by atoms with Gasteiger partial charge in [0, 0.05) is 4.90 Å². The Bertz CT molecular complexity index is 326. The first kappa shape index (κ1) is 12.0. The van der Waals surface area contributed by atoms with Crippen LogP contribution in [0.25, 0.3) is 0 Å². The zero-order valence-corrected chi connectivity index (χ0v) is 9.28. The molecule has 0 nitrogen and oxygen atoms in total. The summed E-state index contributed by atoms with van der Waals surface area (Å²) in [5.41, 5.74) is -0.973. The van der Waals surface area contributed by atoms with Gasteiger partial charge < -0.3 is 0 Å². The van der Waals surface area contributed by atoms with Crippen LogP contribution in [0.5, 0.6) is 0 Å². The zero-order chi connectivity index (χ0) is 10.9. The Labute approximate surface area is 93.4 Å². The predicted octanol–water partition coefficient (Wildman–Crippen LogP) is 4.73. The van der Waals surface area contributed by atoms with Gasteiger partial charge in [-0.1, -0.05) is 23.2 Å². The molecule has 78 valence electrons. The number of alkyl halides is 3. The molecule has 1 rings (SSSR count). The Morgan fingerprint density at radius 1 is 1.14 bits per heavy atom. The van der Waals surface area contributed by atoms with Crippen molar-refractivity contribution in [3.05, 3.63) is 27.7 Å². The standard InChI is InChI=1S/C8H5Cl2F3S/c1-14-4-2-5(9)7(6(10)3-4)8(11,12)13/h2-3H,1H3. The second-order valence-electron chi connectivity index (χ2n) is 2.46. The van der Waals surface area contributed by atoms with E-state index in [0.29, 0.717) is 4.90 Å². The molecule has 0 heterocycles. The van der Waals surface area contributed by atoms with E-state index in [-0.39, 0.29) is 10.0 Å². The second kappa shape index (κ2) is 4.21. The molecule has 0 aliphatic rings. The second-order valence-corrected chi connectivity index (χ2v) is 4.16. The average Bonchev–Trinajstić information content (AvgIpc) is 1.99. The molecule has 0 aliphatic carbocycles. The van der Waals surface area contributed by atoms with Gasteiger partial charge in [-0.2, -0.15) is 13.2 Å². The molecule has 0 fully saturated rings. The van der Waals surface area contributed by atoms with Crippen molar-refractivity contribution in [2.45, 2.75) is 11.1 Å². The van der Waals surface area contributed by atoms with E-state index in [9.17, 15) is 13.2 Å². The van der Waals surface area contributed by atoms with E-state index in [1.165, 1.54) is 23.9 Å². The van der Waals surface area contributed by atoms with Crippen LogP contribution in [0.1, 0.15) is 5.56 Å². The zero-order valence-electron chi connectivity index (χ0n) is 6.95. The number of halogens is 5. The number of thioether (sulfide) groups is 1. The molecular formula is C8H5Cl2F3S. The van der Waals surface area contributed by atoms with Crippen LogP contribution in [0, 0.1) is 0 Å². The van der Waals surface area contributed by atoms with E-state index >= 15 is 0 Å². The van der Waals surface area contributed by atoms with E-state index < -0.39 is 11.7 Å². The maximum atomic E-state index is 12.4. The summed E-state index contributed by atoms with van der Waals surface area (Å²) in [5.74, 6) is 0. The molecule has 1 aromatic rings. The fourth-order valence-electron chi connectivity index (χ4n) is 0.939. The quantitative estimate of drug-likeness (QED) is 0.658. The molecule has 0 bridgehead atoms. The molecule has 1 aromatic carbocycles. The number of rotatable bonds is 1. The van der Waals surface area contributed by atoms with Gasteiger partial charge in [-0.15, -0.1) is 11.8 Å². The summed E-state index contributed by atoms with van der Waals surface area (Å²) in [4.78, 5) is 0.605. The van der Waals surface area contributed by atoms with Crippen LogP contribution in [0.4, 0.5) is 13.2 Å². The summed E-state index contributed by atoms with van der Waals surface area (Å²) in [6.07, 6.45) is -2.78. The topological polar surface area (TPSA) is 0 Å². The van der Waals surface area contributed by atoms with E-state index in [2.05, 4.69) is 0 Å². The molecule has 0 aromatic heterocycles. The van der Waals surface area contributed by atoms with Crippen molar-refractivity contribution in [1.29, 1.82) is 0 Å². The van der Waals surface area contributed by atoms with Gasteiger partial charge in [-0.3, -0.25) is 0 Å². The summed E-state index contributed by atoms with van der Waals surface area (Å²) in [6, 6.07) is 2.50. The first-order valence-electron chi connectivity index (χ1n) is 3.46. The SMILES string of the molecule is CSc1cc(Cl)c(C(F)(F)F)c(Cl)c1. The van der Waals surface area contributed by atoms with Crippen LogP contribution < -0.4 is 0 Å². The van der Waals surface area contributed by atoms with E-state index in [4.69, 9.17) is 23.2 Å². The lowest BCUT2D eigenvalue weighted by molar-refractivity contribution is -0.137. The molecule has 0 saturated heterocycles. The molecule has 6 heteroatoms. The summed E-state index contributed by atoms with van der Waals surface area (Å²) in [5, 5.41) is -0.733. The highest BCUT2D eigenvalue weighted by Crippen LogP contribution is 2.41. The molecular weight excluding hydrogens is 256 g/mol. The minimum Gasteiger partial charge on any atom is -0.166 e.